The Balaban J connectivity index is 1.66. The number of nitrogens with zero attached hydrogens (tertiary/aromatic N) is 1. The van der Waals surface area contributed by atoms with E-state index in [4.69, 9.17) is 15.9 Å². The first-order valence-electron chi connectivity index (χ1n) is 8.75. The number of morpholine rings is 1. The zero-order valence-corrected chi connectivity index (χ0v) is 14.7. The number of carbonyl (C=O) groups excluding carboxylic acids is 1. The summed E-state index contributed by atoms with van der Waals surface area (Å²) in [6.45, 7) is 4.64. The third-order valence-electron chi connectivity index (χ3n) is 4.61. The van der Waals surface area contributed by atoms with Gasteiger partial charge in [0.1, 0.15) is 0 Å². The van der Waals surface area contributed by atoms with Gasteiger partial charge in [0, 0.05) is 42.1 Å². The van der Waals surface area contributed by atoms with E-state index in [9.17, 15) is 4.79 Å². The van der Waals surface area contributed by atoms with Crippen LogP contribution in [0.15, 0.2) is 42.5 Å². The van der Waals surface area contributed by atoms with E-state index in [-0.39, 0.29) is 0 Å². The summed E-state index contributed by atoms with van der Waals surface area (Å²) in [5.74, 6) is 0. The van der Waals surface area contributed by atoms with Gasteiger partial charge < -0.3 is 15.8 Å². The first-order valence-corrected chi connectivity index (χ1v) is 8.75. The summed E-state index contributed by atoms with van der Waals surface area (Å²) >= 11 is 0. The van der Waals surface area contributed by atoms with Gasteiger partial charge in [-0.3, -0.25) is 15.1 Å². The Labute approximate surface area is 153 Å². The Morgan fingerprint density at radius 1 is 1.19 bits per heavy atom. The van der Waals surface area contributed by atoms with Crippen LogP contribution in [0.4, 0.5) is 11.4 Å². The highest BCUT2D eigenvalue weighted by Gasteiger charge is 2.12. The molecule has 0 atom stereocenters. The maximum Gasteiger partial charge on any atom is 0.211 e. The van der Waals surface area contributed by atoms with Crippen LogP contribution < -0.4 is 11.1 Å². The van der Waals surface area contributed by atoms with Gasteiger partial charge in [0.05, 0.1) is 18.9 Å². The minimum atomic E-state index is 0.344. The lowest BCUT2D eigenvalue weighted by atomic mass is 9.98. The number of ether oxygens (including phenoxy) is 1. The van der Waals surface area contributed by atoms with Crippen molar-refractivity contribution in [2.24, 2.45) is 0 Å². The van der Waals surface area contributed by atoms with E-state index in [2.05, 4.69) is 22.3 Å². The molecule has 0 radical (unpaired) electrons. The first-order chi connectivity index (χ1) is 12.7. The predicted octanol–water partition coefficient (Wildman–Crippen LogP) is 2.13. The molecule has 6 nitrogen and oxygen atoms in total. The molecule has 0 aliphatic carbocycles. The molecular formula is C20H24N4O2. The van der Waals surface area contributed by atoms with Gasteiger partial charge in [-0.25, -0.2) is 0 Å². The number of nitrogens with one attached hydrogen (secondary N) is 2. The minimum absolute atomic E-state index is 0.344. The maximum atomic E-state index is 10.6. The number of carbonyl (C=O) groups is 1. The Hall–Kier alpha value is -2.70. The second-order valence-corrected chi connectivity index (χ2v) is 6.34. The SMILES string of the molecule is N=C(c1ccc(CCN2CCOCC2)cc1)c1cc(NC=O)ccc1N. The standard InChI is InChI=1S/C20H24N4O2/c21-19-6-5-17(23-14-25)13-18(19)20(22)16-3-1-15(2-4-16)7-8-24-9-11-26-12-10-24/h1-6,13-14,22H,7-12,21H2,(H,23,25). The summed E-state index contributed by atoms with van der Waals surface area (Å²) in [5, 5.41) is 11.0. The van der Waals surface area contributed by atoms with Crippen molar-refractivity contribution >= 4 is 23.5 Å². The molecule has 0 unspecified atom stereocenters. The Bertz CT molecular complexity index is 768. The van der Waals surface area contributed by atoms with E-state index < -0.39 is 0 Å². The predicted molar refractivity (Wildman–Crippen MR) is 104 cm³/mol. The zero-order valence-electron chi connectivity index (χ0n) is 14.7. The molecule has 1 saturated heterocycles. The van der Waals surface area contributed by atoms with Crippen molar-refractivity contribution in [2.75, 3.05) is 43.9 Å². The van der Waals surface area contributed by atoms with Crippen LogP contribution in [0.25, 0.3) is 0 Å². The highest BCUT2D eigenvalue weighted by Crippen LogP contribution is 2.21. The van der Waals surface area contributed by atoms with Crippen molar-refractivity contribution in [1.29, 1.82) is 5.41 Å². The summed E-state index contributed by atoms with van der Waals surface area (Å²) in [6.07, 6.45) is 1.59. The topological polar surface area (TPSA) is 91.4 Å². The smallest absolute Gasteiger partial charge is 0.211 e. The molecule has 1 amide bonds. The van der Waals surface area contributed by atoms with E-state index >= 15 is 0 Å². The van der Waals surface area contributed by atoms with Crippen LogP contribution in [0.3, 0.4) is 0 Å². The number of amides is 1. The Morgan fingerprint density at radius 3 is 2.62 bits per heavy atom. The molecule has 6 heteroatoms. The van der Waals surface area contributed by atoms with Crippen molar-refractivity contribution in [3.63, 3.8) is 0 Å². The third kappa shape index (κ3) is 4.47. The van der Waals surface area contributed by atoms with Crippen molar-refractivity contribution in [3.05, 3.63) is 59.2 Å². The number of rotatable bonds is 7. The zero-order chi connectivity index (χ0) is 18.4. The molecule has 3 rings (SSSR count). The number of hydrogen-bond acceptors (Lipinski definition) is 5. The quantitative estimate of drug-likeness (QED) is 0.404. The van der Waals surface area contributed by atoms with E-state index in [0.717, 1.165) is 44.8 Å². The maximum absolute atomic E-state index is 10.6. The summed E-state index contributed by atoms with van der Waals surface area (Å²) in [6, 6.07) is 13.2. The van der Waals surface area contributed by atoms with Gasteiger partial charge in [0.15, 0.2) is 0 Å². The Kier molecular flexibility index (Phi) is 5.99. The molecule has 0 bridgehead atoms. The molecule has 1 fully saturated rings. The van der Waals surface area contributed by atoms with Crippen LogP contribution >= 0.6 is 0 Å². The van der Waals surface area contributed by atoms with Gasteiger partial charge >= 0.3 is 0 Å². The summed E-state index contributed by atoms with van der Waals surface area (Å²) < 4.78 is 5.37. The lowest BCUT2D eigenvalue weighted by molar-refractivity contribution is -0.105. The lowest BCUT2D eigenvalue weighted by Gasteiger charge is -2.26. The molecule has 1 aliphatic heterocycles. The number of anilines is 2. The van der Waals surface area contributed by atoms with Gasteiger partial charge in [0.25, 0.3) is 0 Å². The molecule has 0 spiro atoms. The normalized spacial score (nSPS) is 14.8. The highest BCUT2D eigenvalue weighted by molar-refractivity contribution is 6.14. The van der Waals surface area contributed by atoms with Gasteiger partial charge in [-0.05, 0) is 30.2 Å². The van der Waals surface area contributed by atoms with Gasteiger partial charge in [-0.2, -0.15) is 0 Å². The average Bonchev–Trinajstić information content (AvgIpc) is 2.69. The monoisotopic (exact) mass is 352 g/mol. The molecule has 1 aliphatic rings. The number of benzene rings is 2. The van der Waals surface area contributed by atoms with Crippen molar-refractivity contribution in [3.8, 4) is 0 Å². The molecular weight excluding hydrogens is 328 g/mol. The highest BCUT2D eigenvalue weighted by atomic mass is 16.5. The van der Waals surface area contributed by atoms with Crippen LogP contribution in [-0.2, 0) is 16.0 Å². The molecule has 0 saturated carbocycles. The number of nitrogen functional groups attached to an aromatic ring is 1. The van der Waals surface area contributed by atoms with Crippen molar-refractivity contribution in [2.45, 2.75) is 6.42 Å². The van der Waals surface area contributed by atoms with Crippen LogP contribution in [0.5, 0.6) is 0 Å². The van der Waals surface area contributed by atoms with E-state index in [1.807, 2.05) is 12.1 Å². The number of hydrogen-bond donors (Lipinski definition) is 3. The van der Waals surface area contributed by atoms with Gasteiger partial charge in [-0.1, -0.05) is 24.3 Å². The Morgan fingerprint density at radius 2 is 1.92 bits per heavy atom. The van der Waals surface area contributed by atoms with Crippen LogP contribution in [0.1, 0.15) is 16.7 Å². The molecule has 0 aromatic heterocycles. The van der Waals surface area contributed by atoms with E-state index in [1.54, 1.807) is 18.2 Å². The summed E-state index contributed by atoms with van der Waals surface area (Å²) in [4.78, 5) is 13.0. The summed E-state index contributed by atoms with van der Waals surface area (Å²) in [7, 11) is 0. The second kappa shape index (κ2) is 8.60. The largest absolute Gasteiger partial charge is 0.398 e. The first kappa shape index (κ1) is 18.1. The van der Waals surface area contributed by atoms with Crippen LogP contribution in [-0.4, -0.2) is 49.9 Å². The summed E-state index contributed by atoms with van der Waals surface area (Å²) in [5.41, 5.74) is 10.2. The molecule has 26 heavy (non-hydrogen) atoms. The molecule has 2 aromatic rings. The van der Waals surface area contributed by atoms with Gasteiger partial charge in [-0.15, -0.1) is 0 Å². The van der Waals surface area contributed by atoms with Crippen LogP contribution in [0, 0.1) is 5.41 Å². The average molecular weight is 352 g/mol. The molecule has 136 valence electrons. The van der Waals surface area contributed by atoms with Crippen LogP contribution in [0.2, 0.25) is 0 Å². The fourth-order valence-electron chi connectivity index (χ4n) is 3.04. The fraction of sp³-hybridized carbons (Fsp3) is 0.300. The van der Waals surface area contributed by atoms with E-state index in [1.165, 1.54) is 5.56 Å². The number of nitrogens with two attached hydrogens (primary N) is 1. The molecule has 4 N–H and O–H groups in total. The second-order valence-electron chi connectivity index (χ2n) is 6.34. The van der Waals surface area contributed by atoms with Crippen molar-refractivity contribution < 1.29 is 9.53 Å². The van der Waals surface area contributed by atoms with Gasteiger partial charge in [0.2, 0.25) is 6.41 Å². The van der Waals surface area contributed by atoms with E-state index in [0.29, 0.717) is 29.1 Å². The fourth-order valence-corrected chi connectivity index (χ4v) is 3.04. The molecule has 1 heterocycles. The minimum Gasteiger partial charge on any atom is -0.398 e. The molecule has 2 aromatic carbocycles. The third-order valence-corrected chi connectivity index (χ3v) is 4.61. The van der Waals surface area contributed by atoms with Crippen molar-refractivity contribution in [1.82, 2.24) is 4.90 Å². The lowest BCUT2D eigenvalue weighted by Crippen LogP contribution is -2.37.